The Balaban J connectivity index is 3.15. The van der Waals surface area contributed by atoms with Crippen LogP contribution in [0.25, 0.3) is 0 Å². The molecule has 0 radical (unpaired) electrons. The van der Waals surface area contributed by atoms with Gasteiger partial charge in [0.25, 0.3) is 0 Å². The first-order valence-electron chi connectivity index (χ1n) is 3.00. The summed E-state index contributed by atoms with van der Waals surface area (Å²) in [6.07, 6.45) is 0.837. The second kappa shape index (κ2) is 3.60. The Hall–Kier alpha value is -2.00. The Morgan fingerprint density at radius 3 is 2.62 bits per heavy atom. The highest BCUT2D eigenvalue weighted by atomic mass is 16.6. The van der Waals surface area contributed by atoms with Gasteiger partial charge in [0, 0.05) is 0 Å². The molecule has 70 valence electrons. The first-order chi connectivity index (χ1) is 6.19. The molecule has 9 heteroatoms. The molecule has 0 saturated heterocycles. The first-order valence-corrected chi connectivity index (χ1v) is 3.00. The molecule has 0 fully saturated rings. The molecule has 0 unspecified atom stereocenters. The number of nitro groups is 1. The molecule has 0 bridgehead atoms. The highest BCUT2D eigenvalue weighted by Crippen LogP contribution is 2.20. The van der Waals surface area contributed by atoms with Gasteiger partial charge < -0.3 is 0 Å². The molecule has 1 aromatic heterocycles. The second-order valence-electron chi connectivity index (χ2n) is 1.91. The third-order valence-corrected chi connectivity index (χ3v) is 1.17. The van der Waals surface area contributed by atoms with Gasteiger partial charge in [0.15, 0.2) is 0 Å². The molecule has 0 aliphatic carbocycles. The summed E-state index contributed by atoms with van der Waals surface area (Å²) < 4.78 is 0. The maximum Gasteiger partial charge on any atom is 0.331 e. The van der Waals surface area contributed by atoms with E-state index >= 15 is 0 Å². The van der Waals surface area contributed by atoms with E-state index < -0.39 is 16.4 Å². The highest BCUT2D eigenvalue weighted by molar-refractivity contribution is 5.54. The van der Waals surface area contributed by atoms with E-state index in [2.05, 4.69) is 9.97 Å². The van der Waals surface area contributed by atoms with E-state index in [-0.39, 0.29) is 5.95 Å². The average Bonchev–Trinajstić information content (AvgIpc) is 2.16. The molecule has 0 spiro atoms. The smallest absolute Gasteiger partial charge is 0.289 e. The van der Waals surface area contributed by atoms with E-state index in [1.807, 2.05) is 0 Å². The van der Waals surface area contributed by atoms with Gasteiger partial charge in [0.05, 0.1) is 4.92 Å². The van der Waals surface area contributed by atoms with Crippen LogP contribution in [0.4, 0.5) is 17.5 Å². The number of hydrogen-bond acceptors (Lipinski definition) is 8. The molecule has 0 aromatic carbocycles. The third-order valence-electron chi connectivity index (χ3n) is 1.17. The van der Waals surface area contributed by atoms with Crippen LogP contribution in [0.15, 0.2) is 6.20 Å². The number of hydrogen-bond donors (Lipinski definition) is 4. The van der Waals surface area contributed by atoms with Crippen molar-refractivity contribution in [2.24, 2.45) is 0 Å². The van der Waals surface area contributed by atoms with Crippen molar-refractivity contribution >= 4 is 17.5 Å². The van der Waals surface area contributed by atoms with Crippen LogP contribution in [0, 0.1) is 10.1 Å². The van der Waals surface area contributed by atoms with Crippen LogP contribution in [0.3, 0.4) is 0 Å². The summed E-state index contributed by atoms with van der Waals surface area (Å²) in [5.41, 5.74) is 2.58. The van der Waals surface area contributed by atoms with E-state index in [0.717, 1.165) is 6.20 Å². The Kier molecular flexibility index (Phi) is 2.52. The van der Waals surface area contributed by atoms with Crippen molar-refractivity contribution in [2.45, 2.75) is 0 Å². The van der Waals surface area contributed by atoms with Gasteiger partial charge in [-0.25, -0.2) is 15.9 Å². The summed E-state index contributed by atoms with van der Waals surface area (Å²) in [5, 5.41) is 27.0. The van der Waals surface area contributed by atoms with Crippen LogP contribution in [0.1, 0.15) is 0 Å². The predicted octanol–water partition coefficient (Wildman–Crippen LogP) is -0.0130. The van der Waals surface area contributed by atoms with Crippen molar-refractivity contribution < 1.29 is 15.3 Å². The summed E-state index contributed by atoms with van der Waals surface area (Å²) in [4.78, 5) is 16.2. The lowest BCUT2D eigenvalue weighted by molar-refractivity contribution is -0.384. The fraction of sp³-hybridized carbons (Fsp3) is 0. The van der Waals surface area contributed by atoms with Gasteiger partial charge in [-0.2, -0.15) is 4.98 Å². The van der Waals surface area contributed by atoms with Gasteiger partial charge in [-0.05, 0) is 0 Å². The highest BCUT2D eigenvalue weighted by Gasteiger charge is 2.16. The Morgan fingerprint density at radius 1 is 1.46 bits per heavy atom. The molecule has 1 aromatic rings. The minimum atomic E-state index is -0.778. The molecule has 9 nitrogen and oxygen atoms in total. The normalized spacial score (nSPS) is 9.38. The van der Waals surface area contributed by atoms with Crippen molar-refractivity contribution in [3.05, 3.63) is 16.3 Å². The predicted molar refractivity (Wildman–Crippen MR) is 39.5 cm³/mol. The van der Waals surface area contributed by atoms with Crippen LogP contribution in [0.2, 0.25) is 0 Å². The molecule has 0 atom stereocenters. The first kappa shape index (κ1) is 9.09. The summed E-state index contributed by atoms with van der Waals surface area (Å²) in [6.45, 7) is 0. The summed E-state index contributed by atoms with van der Waals surface area (Å²) in [6, 6.07) is 0. The number of nitrogens with zero attached hydrogens (tertiary/aromatic N) is 3. The lowest BCUT2D eigenvalue weighted by atomic mass is 10.5. The van der Waals surface area contributed by atoms with Crippen molar-refractivity contribution in [1.29, 1.82) is 0 Å². The van der Waals surface area contributed by atoms with Gasteiger partial charge in [-0.3, -0.25) is 20.5 Å². The number of rotatable bonds is 3. The molecular weight excluding hydrogens is 182 g/mol. The molecular formula is C4H5N5O4. The van der Waals surface area contributed by atoms with Crippen LogP contribution in [-0.4, -0.2) is 25.3 Å². The standard InChI is InChI=1S/C4H5N5O4/c10-7-3-2(9(12)13)1-5-4(6-3)8-11/h1,10-11H,(H2,5,6,7,8). The molecule has 0 aliphatic rings. The van der Waals surface area contributed by atoms with E-state index in [4.69, 9.17) is 10.4 Å². The zero-order valence-electron chi connectivity index (χ0n) is 6.13. The van der Waals surface area contributed by atoms with Crippen molar-refractivity contribution in [1.82, 2.24) is 9.97 Å². The van der Waals surface area contributed by atoms with Gasteiger partial charge in [-0.1, -0.05) is 0 Å². The van der Waals surface area contributed by atoms with Crippen molar-refractivity contribution in [3.8, 4) is 0 Å². The zero-order valence-corrected chi connectivity index (χ0v) is 6.13. The lowest BCUT2D eigenvalue weighted by Crippen LogP contribution is -2.04. The summed E-state index contributed by atoms with van der Waals surface area (Å²) in [5.74, 6) is -0.668. The second-order valence-corrected chi connectivity index (χ2v) is 1.91. The van der Waals surface area contributed by atoms with E-state index in [0.29, 0.717) is 0 Å². The van der Waals surface area contributed by atoms with E-state index in [1.54, 1.807) is 5.48 Å². The van der Waals surface area contributed by atoms with Crippen LogP contribution in [0.5, 0.6) is 0 Å². The molecule has 4 N–H and O–H groups in total. The lowest BCUT2D eigenvalue weighted by Gasteiger charge is -2.00. The van der Waals surface area contributed by atoms with Gasteiger partial charge in [-0.15, -0.1) is 0 Å². The maximum absolute atomic E-state index is 10.3. The molecule has 0 aliphatic heterocycles. The largest absolute Gasteiger partial charge is 0.331 e. The maximum atomic E-state index is 10.3. The van der Waals surface area contributed by atoms with E-state index in [9.17, 15) is 10.1 Å². The molecule has 0 saturated carbocycles. The molecule has 1 rings (SSSR count). The van der Waals surface area contributed by atoms with Gasteiger partial charge >= 0.3 is 5.69 Å². The van der Waals surface area contributed by atoms with E-state index in [1.165, 1.54) is 5.48 Å². The number of nitrogens with one attached hydrogen (secondary N) is 2. The Labute approximate surface area is 71.1 Å². The molecule has 0 amide bonds. The third kappa shape index (κ3) is 1.77. The quantitative estimate of drug-likeness (QED) is 0.383. The topological polar surface area (TPSA) is 133 Å². The Bertz CT molecular complexity index is 328. The molecule has 13 heavy (non-hydrogen) atoms. The number of aromatic nitrogens is 2. The van der Waals surface area contributed by atoms with Crippen LogP contribution >= 0.6 is 0 Å². The van der Waals surface area contributed by atoms with Crippen molar-refractivity contribution in [2.75, 3.05) is 11.0 Å². The van der Waals surface area contributed by atoms with Gasteiger partial charge in [0.1, 0.15) is 6.20 Å². The van der Waals surface area contributed by atoms with Crippen LogP contribution < -0.4 is 11.0 Å². The van der Waals surface area contributed by atoms with Crippen molar-refractivity contribution in [3.63, 3.8) is 0 Å². The summed E-state index contributed by atoms with van der Waals surface area (Å²) in [7, 11) is 0. The van der Waals surface area contributed by atoms with Gasteiger partial charge in [0.2, 0.25) is 11.8 Å². The zero-order chi connectivity index (χ0) is 9.84. The fourth-order valence-electron chi connectivity index (χ4n) is 0.645. The van der Waals surface area contributed by atoms with Crippen LogP contribution in [-0.2, 0) is 0 Å². The monoisotopic (exact) mass is 187 g/mol. The summed E-state index contributed by atoms with van der Waals surface area (Å²) >= 11 is 0. The molecule has 1 heterocycles. The fourth-order valence-corrected chi connectivity index (χ4v) is 0.645. The minimum absolute atomic E-state index is 0.262. The number of anilines is 2. The Morgan fingerprint density at radius 2 is 2.15 bits per heavy atom. The minimum Gasteiger partial charge on any atom is -0.289 e. The average molecular weight is 187 g/mol. The SMILES string of the molecule is O=[N+]([O-])c1cnc(NO)nc1NO.